The van der Waals surface area contributed by atoms with Crippen molar-refractivity contribution in [3.05, 3.63) is 0 Å². The van der Waals surface area contributed by atoms with Gasteiger partial charge in [-0.25, -0.2) is 0 Å². The standard InChI is InChI=1S/C11H23N3O/c1-4-14-6-5-10(7-9(14)2)13-8-11(15)12-3/h9-10,13H,4-8H2,1-3H3,(H,12,15). The van der Waals surface area contributed by atoms with E-state index >= 15 is 0 Å². The van der Waals surface area contributed by atoms with Crippen molar-refractivity contribution < 1.29 is 4.79 Å². The zero-order valence-electron chi connectivity index (χ0n) is 10.0. The highest BCUT2D eigenvalue weighted by Crippen LogP contribution is 2.16. The highest BCUT2D eigenvalue weighted by molar-refractivity contribution is 5.77. The second kappa shape index (κ2) is 6.08. The Bertz CT molecular complexity index is 208. The lowest BCUT2D eigenvalue weighted by molar-refractivity contribution is -0.120. The molecule has 1 amide bonds. The Balaban J connectivity index is 2.25. The van der Waals surface area contributed by atoms with Crippen molar-refractivity contribution in [3.63, 3.8) is 0 Å². The van der Waals surface area contributed by atoms with Crippen molar-refractivity contribution in [1.29, 1.82) is 0 Å². The van der Waals surface area contributed by atoms with Gasteiger partial charge >= 0.3 is 0 Å². The summed E-state index contributed by atoms with van der Waals surface area (Å²) in [6.07, 6.45) is 2.29. The Morgan fingerprint density at radius 1 is 1.53 bits per heavy atom. The highest BCUT2D eigenvalue weighted by atomic mass is 16.1. The number of piperidine rings is 1. The van der Waals surface area contributed by atoms with Crippen LogP contribution in [0.25, 0.3) is 0 Å². The van der Waals surface area contributed by atoms with E-state index in [1.165, 1.54) is 0 Å². The van der Waals surface area contributed by atoms with Crippen LogP contribution in [0.1, 0.15) is 26.7 Å². The molecule has 4 heteroatoms. The van der Waals surface area contributed by atoms with Crippen LogP contribution in [0.2, 0.25) is 0 Å². The smallest absolute Gasteiger partial charge is 0.233 e. The first-order valence-electron chi connectivity index (χ1n) is 5.85. The molecule has 0 saturated carbocycles. The van der Waals surface area contributed by atoms with E-state index in [1.807, 2.05) is 0 Å². The van der Waals surface area contributed by atoms with Gasteiger partial charge in [0.25, 0.3) is 0 Å². The molecule has 1 saturated heterocycles. The number of rotatable bonds is 4. The minimum absolute atomic E-state index is 0.0700. The summed E-state index contributed by atoms with van der Waals surface area (Å²) in [5, 5.41) is 5.93. The summed E-state index contributed by atoms with van der Waals surface area (Å²) < 4.78 is 0. The fourth-order valence-electron chi connectivity index (χ4n) is 2.20. The third-order valence-electron chi connectivity index (χ3n) is 3.25. The number of amides is 1. The zero-order valence-corrected chi connectivity index (χ0v) is 10.0. The molecular weight excluding hydrogens is 190 g/mol. The van der Waals surface area contributed by atoms with Gasteiger partial charge in [-0.3, -0.25) is 4.79 Å². The molecule has 0 bridgehead atoms. The van der Waals surface area contributed by atoms with Crippen molar-refractivity contribution in [2.24, 2.45) is 0 Å². The topological polar surface area (TPSA) is 44.4 Å². The molecule has 2 unspecified atom stereocenters. The van der Waals surface area contributed by atoms with Crippen molar-refractivity contribution in [1.82, 2.24) is 15.5 Å². The van der Waals surface area contributed by atoms with Gasteiger partial charge in [0.05, 0.1) is 6.54 Å². The number of hydrogen-bond donors (Lipinski definition) is 2. The van der Waals surface area contributed by atoms with Crippen LogP contribution in [0.15, 0.2) is 0 Å². The van der Waals surface area contributed by atoms with Gasteiger partial charge in [0.1, 0.15) is 0 Å². The van der Waals surface area contributed by atoms with Crippen molar-refractivity contribution in [2.45, 2.75) is 38.8 Å². The second-order valence-electron chi connectivity index (χ2n) is 4.25. The Morgan fingerprint density at radius 3 is 2.80 bits per heavy atom. The lowest BCUT2D eigenvalue weighted by Gasteiger charge is -2.37. The van der Waals surface area contributed by atoms with E-state index in [2.05, 4.69) is 29.4 Å². The monoisotopic (exact) mass is 213 g/mol. The summed E-state index contributed by atoms with van der Waals surface area (Å²) in [5.74, 6) is 0.0700. The van der Waals surface area contributed by atoms with Gasteiger partial charge in [-0.1, -0.05) is 6.92 Å². The third kappa shape index (κ3) is 3.80. The SMILES string of the molecule is CCN1CCC(NCC(=O)NC)CC1C. The molecule has 1 rings (SSSR count). The first-order chi connectivity index (χ1) is 7.17. The molecule has 0 aromatic carbocycles. The number of carbonyl (C=O) groups excluding carboxylic acids is 1. The normalized spacial score (nSPS) is 27.7. The van der Waals surface area contributed by atoms with Crippen LogP contribution in [0.4, 0.5) is 0 Å². The van der Waals surface area contributed by atoms with Crippen LogP contribution in [0.3, 0.4) is 0 Å². The summed E-state index contributed by atoms with van der Waals surface area (Å²) in [5.41, 5.74) is 0. The molecule has 1 aliphatic rings. The van der Waals surface area contributed by atoms with Gasteiger partial charge < -0.3 is 15.5 Å². The molecule has 15 heavy (non-hydrogen) atoms. The van der Waals surface area contributed by atoms with E-state index in [0.717, 1.165) is 25.9 Å². The van der Waals surface area contributed by atoms with E-state index in [9.17, 15) is 4.79 Å². The Kier molecular flexibility index (Phi) is 5.05. The average molecular weight is 213 g/mol. The van der Waals surface area contributed by atoms with Gasteiger partial charge in [0, 0.05) is 19.1 Å². The number of likely N-dealkylation sites (tertiary alicyclic amines) is 1. The van der Waals surface area contributed by atoms with E-state index < -0.39 is 0 Å². The molecule has 0 spiro atoms. The van der Waals surface area contributed by atoms with Crippen molar-refractivity contribution in [2.75, 3.05) is 26.7 Å². The minimum atomic E-state index is 0.0700. The molecule has 4 nitrogen and oxygen atoms in total. The van der Waals surface area contributed by atoms with Crippen LogP contribution in [-0.4, -0.2) is 49.6 Å². The van der Waals surface area contributed by atoms with E-state index in [0.29, 0.717) is 18.6 Å². The quantitative estimate of drug-likeness (QED) is 0.701. The maximum absolute atomic E-state index is 11.1. The average Bonchev–Trinajstić information content (AvgIpc) is 2.26. The first-order valence-corrected chi connectivity index (χ1v) is 5.85. The summed E-state index contributed by atoms with van der Waals surface area (Å²) in [4.78, 5) is 13.6. The van der Waals surface area contributed by atoms with Gasteiger partial charge in [-0.15, -0.1) is 0 Å². The molecule has 88 valence electrons. The van der Waals surface area contributed by atoms with Crippen LogP contribution in [-0.2, 0) is 4.79 Å². The van der Waals surface area contributed by atoms with Crippen LogP contribution < -0.4 is 10.6 Å². The van der Waals surface area contributed by atoms with Crippen LogP contribution >= 0.6 is 0 Å². The maximum atomic E-state index is 11.1. The largest absolute Gasteiger partial charge is 0.358 e. The summed E-state index contributed by atoms with van der Waals surface area (Å²) in [7, 11) is 1.67. The molecule has 0 aliphatic carbocycles. The summed E-state index contributed by atoms with van der Waals surface area (Å²) in [6.45, 7) is 7.18. The number of hydrogen-bond acceptors (Lipinski definition) is 3. The summed E-state index contributed by atoms with van der Waals surface area (Å²) in [6, 6.07) is 1.13. The van der Waals surface area contributed by atoms with Crippen LogP contribution in [0.5, 0.6) is 0 Å². The molecule has 1 heterocycles. The van der Waals surface area contributed by atoms with E-state index in [4.69, 9.17) is 0 Å². The number of carbonyl (C=O) groups is 1. The molecule has 2 N–H and O–H groups in total. The van der Waals surface area contributed by atoms with Crippen LogP contribution in [0, 0.1) is 0 Å². The lowest BCUT2D eigenvalue weighted by atomic mass is 9.98. The van der Waals surface area contributed by atoms with E-state index in [1.54, 1.807) is 7.05 Å². The highest BCUT2D eigenvalue weighted by Gasteiger charge is 2.23. The second-order valence-corrected chi connectivity index (χ2v) is 4.25. The summed E-state index contributed by atoms with van der Waals surface area (Å²) >= 11 is 0. The molecule has 0 radical (unpaired) electrons. The van der Waals surface area contributed by atoms with Gasteiger partial charge in [0.15, 0.2) is 0 Å². The van der Waals surface area contributed by atoms with Crippen molar-refractivity contribution >= 4 is 5.91 Å². The van der Waals surface area contributed by atoms with E-state index in [-0.39, 0.29) is 5.91 Å². The Labute approximate surface area is 92.4 Å². The predicted molar refractivity (Wildman–Crippen MR) is 61.8 cm³/mol. The predicted octanol–water partition coefficient (Wildman–Crippen LogP) is 0.195. The maximum Gasteiger partial charge on any atom is 0.233 e. The lowest BCUT2D eigenvalue weighted by Crippen LogP contribution is -2.48. The molecule has 1 fully saturated rings. The fraction of sp³-hybridized carbons (Fsp3) is 0.909. The van der Waals surface area contributed by atoms with Crippen molar-refractivity contribution in [3.8, 4) is 0 Å². The number of nitrogens with zero attached hydrogens (tertiary/aromatic N) is 1. The fourth-order valence-corrected chi connectivity index (χ4v) is 2.20. The Morgan fingerprint density at radius 2 is 2.27 bits per heavy atom. The Hall–Kier alpha value is -0.610. The third-order valence-corrected chi connectivity index (χ3v) is 3.25. The molecule has 1 aliphatic heterocycles. The molecule has 0 aromatic heterocycles. The van der Waals surface area contributed by atoms with Gasteiger partial charge in [-0.05, 0) is 32.9 Å². The molecule has 2 atom stereocenters. The van der Waals surface area contributed by atoms with Gasteiger partial charge in [0.2, 0.25) is 5.91 Å². The number of likely N-dealkylation sites (N-methyl/N-ethyl adjacent to an activating group) is 1. The first kappa shape index (κ1) is 12.5. The molecular formula is C11H23N3O. The molecule has 0 aromatic rings. The minimum Gasteiger partial charge on any atom is -0.358 e. The zero-order chi connectivity index (χ0) is 11.3. The van der Waals surface area contributed by atoms with Gasteiger partial charge in [-0.2, -0.15) is 0 Å². The number of nitrogens with one attached hydrogen (secondary N) is 2.